The first kappa shape index (κ1) is 21.8. The molecule has 0 bridgehead atoms. The van der Waals surface area contributed by atoms with Gasteiger partial charge in [-0.1, -0.05) is 60.1 Å². The molecule has 0 N–H and O–H groups in total. The highest BCUT2D eigenvalue weighted by atomic mass is 35.5. The summed E-state index contributed by atoms with van der Waals surface area (Å²) >= 11 is 6.18. The van der Waals surface area contributed by atoms with Gasteiger partial charge in [0.25, 0.3) is 0 Å². The summed E-state index contributed by atoms with van der Waals surface area (Å²) in [5.41, 5.74) is 0.544. The third-order valence-corrected chi connectivity index (χ3v) is 4.91. The van der Waals surface area contributed by atoms with Gasteiger partial charge in [0.1, 0.15) is 24.7 Å². The Hall–Kier alpha value is -3.45. The molecule has 0 aliphatic carbocycles. The zero-order chi connectivity index (χ0) is 22.6. The number of nitrogens with zero attached hydrogens (tertiary/aromatic N) is 2. The third-order valence-electron chi connectivity index (χ3n) is 4.59. The molecule has 4 aromatic rings. The first-order chi connectivity index (χ1) is 15.4. The lowest BCUT2D eigenvalue weighted by atomic mass is 10.2. The van der Waals surface area contributed by atoms with Crippen LogP contribution in [0.2, 0.25) is 5.02 Å². The molecular weight excluding hydrogens is 441 g/mol. The molecule has 8 heteroatoms. The summed E-state index contributed by atoms with van der Waals surface area (Å²) in [6, 6.07) is 24.1. The van der Waals surface area contributed by atoms with E-state index in [1.165, 1.54) is 0 Å². The fourth-order valence-corrected chi connectivity index (χ4v) is 3.26. The van der Waals surface area contributed by atoms with Crippen molar-refractivity contribution in [3.05, 3.63) is 107 Å². The van der Waals surface area contributed by atoms with Crippen LogP contribution in [0, 0.1) is 0 Å². The molecule has 0 aliphatic rings. The summed E-state index contributed by atoms with van der Waals surface area (Å²) in [4.78, 5) is 0. The summed E-state index contributed by atoms with van der Waals surface area (Å²) in [5.74, 6) is 1.04. The summed E-state index contributed by atoms with van der Waals surface area (Å²) in [5, 5.41) is 3.99. The Bertz CT molecular complexity index is 1190. The number of aromatic nitrogens is 2. The van der Waals surface area contributed by atoms with Crippen LogP contribution in [0.5, 0.6) is 11.5 Å². The van der Waals surface area contributed by atoms with Crippen molar-refractivity contribution in [1.82, 2.24) is 9.78 Å². The molecule has 1 heterocycles. The molecule has 0 aliphatic heterocycles. The highest BCUT2D eigenvalue weighted by Crippen LogP contribution is 2.31. The quantitative estimate of drug-likeness (QED) is 0.309. The number of benzene rings is 3. The fraction of sp³-hybridized carbons (Fsp3) is 0.125. The molecule has 1 aromatic heterocycles. The standard InChI is InChI=1S/C24H18ClF3N2O2/c25-21-11-4-5-12-22(21)30-18(13-23(29-30)24(26,27)28)16-32-20-10-6-9-19(14-20)31-15-17-7-2-1-3-8-17/h1-14H,15-16H2. The Balaban J connectivity index is 1.52. The Kier molecular flexibility index (Phi) is 6.37. The number of hydrogen-bond donors (Lipinski definition) is 0. The highest BCUT2D eigenvalue weighted by Gasteiger charge is 2.35. The lowest BCUT2D eigenvalue weighted by Gasteiger charge is -2.12. The Morgan fingerprint density at radius 3 is 2.12 bits per heavy atom. The van der Waals surface area contributed by atoms with Gasteiger partial charge in [0.05, 0.1) is 16.4 Å². The second-order valence-electron chi connectivity index (χ2n) is 6.92. The first-order valence-corrected chi connectivity index (χ1v) is 10.1. The van der Waals surface area contributed by atoms with Crippen LogP contribution >= 0.6 is 11.6 Å². The van der Waals surface area contributed by atoms with Gasteiger partial charge in [-0.15, -0.1) is 0 Å². The number of ether oxygens (including phenoxy) is 2. The van der Waals surface area contributed by atoms with Crippen molar-refractivity contribution >= 4 is 11.6 Å². The Morgan fingerprint density at radius 2 is 1.44 bits per heavy atom. The van der Waals surface area contributed by atoms with Crippen LogP contribution in [0.1, 0.15) is 17.0 Å². The van der Waals surface area contributed by atoms with E-state index < -0.39 is 11.9 Å². The molecule has 0 saturated carbocycles. The van der Waals surface area contributed by atoms with Gasteiger partial charge in [-0.3, -0.25) is 0 Å². The predicted molar refractivity (Wildman–Crippen MR) is 115 cm³/mol. The van der Waals surface area contributed by atoms with Crippen LogP contribution in [0.3, 0.4) is 0 Å². The summed E-state index contributed by atoms with van der Waals surface area (Å²) in [7, 11) is 0. The van der Waals surface area contributed by atoms with Gasteiger partial charge in [0, 0.05) is 6.07 Å². The van der Waals surface area contributed by atoms with Gasteiger partial charge in [0.15, 0.2) is 5.69 Å². The topological polar surface area (TPSA) is 36.3 Å². The zero-order valence-corrected chi connectivity index (χ0v) is 17.5. The molecule has 164 valence electrons. The molecule has 0 atom stereocenters. The SMILES string of the molecule is FC(F)(F)c1cc(COc2cccc(OCc3ccccc3)c2)n(-c2ccccc2Cl)n1. The summed E-state index contributed by atoms with van der Waals surface area (Å²) in [6.07, 6.45) is -4.59. The molecule has 0 spiro atoms. The molecule has 32 heavy (non-hydrogen) atoms. The third kappa shape index (κ3) is 5.23. The van der Waals surface area contributed by atoms with Crippen LogP contribution < -0.4 is 9.47 Å². The van der Waals surface area contributed by atoms with Crippen LogP contribution in [0.15, 0.2) is 84.9 Å². The average Bonchev–Trinajstić information content (AvgIpc) is 3.22. The van der Waals surface area contributed by atoms with Gasteiger partial charge in [-0.25, -0.2) is 4.68 Å². The smallest absolute Gasteiger partial charge is 0.435 e. The lowest BCUT2D eigenvalue weighted by Crippen LogP contribution is -2.08. The van der Waals surface area contributed by atoms with Gasteiger partial charge in [-0.05, 0) is 35.9 Å². The Morgan fingerprint density at radius 1 is 0.781 bits per heavy atom. The molecule has 0 fully saturated rings. The van der Waals surface area contributed by atoms with E-state index in [2.05, 4.69) is 5.10 Å². The van der Waals surface area contributed by atoms with E-state index in [9.17, 15) is 13.2 Å². The molecule has 4 nitrogen and oxygen atoms in total. The van der Waals surface area contributed by atoms with Crippen molar-refractivity contribution in [3.8, 4) is 17.2 Å². The number of para-hydroxylation sites is 1. The van der Waals surface area contributed by atoms with Crippen LogP contribution in [0.4, 0.5) is 13.2 Å². The molecule has 4 rings (SSSR count). The normalized spacial score (nSPS) is 11.4. The average molecular weight is 459 g/mol. The minimum absolute atomic E-state index is 0.142. The number of hydrogen-bond acceptors (Lipinski definition) is 3. The first-order valence-electron chi connectivity index (χ1n) is 9.71. The lowest BCUT2D eigenvalue weighted by molar-refractivity contribution is -0.141. The van der Waals surface area contributed by atoms with E-state index in [1.807, 2.05) is 30.3 Å². The summed E-state index contributed by atoms with van der Waals surface area (Å²) < 4.78 is 52.5. The van der Waals surface area contributed by atoms with Gasteiger partial charge >= 0.3 is 6.18 Å². The number of halogens is 4. The van der Waals surface area contributed by atoms with E-state index in [0.717, 1.165) is 16.3 Å². The number of alkyl halides is 3. The van der Waals surface area contributed by atoms with Crippen molar-refractivity contribution < 1.29 is 22.6 Å². The molecular formula is C24H18ClF3N2O2. The Labute approximate surface area is 187 Å². The number of rotatable bonds is 7. The minimum Gasteiger partial charge on any atom is -0.489 e. The van der Waals surface area contributed by atoms with Crippen molar-refractivity contribution in [2.75, 3.05) is 0 Å². The van der Waals surface area contributed by atoms with Crippen molar-refractivity contribution in [2.24, 2.45) is 0 Å². The van der Waals surface area contributed by atoms with Crippen LogP contribution in [-0.4, -0.2) is 9.78 Å². The molecule has 0 amide bonds. The predicted octanol–water partition coefficient (Wildman–Crippen LogP) is 6.70. The monoisotopic (exact) mass is 458 g/mol. The molecule has 0 radical (unpaired) electrons. The van der Waals surface area contributed by atoms with E-state index in [-0.39, 0.29) is 17.3 Å². The minimum atomic E-state index is -4.59. The highest BCUT2D eigenvalue weighted by molar-refractivity contribution is 6.32. The second-order valence-corrected chi connectivity index (χ2v) is 7.33. The maximum Gasteiger partial charge on any atom is 0.435 e. The van der Waals surface area contributed by atoms with E-state index >= 15 is 0 Å². The molecule has 0 unspecified atom stereocenters. The van der Waals surface area contributed by atoms with E-state index in [1.54, 1.807) is 48.5 Å². The maximum atomic E-state index is 13.3. The van der Waals surface area contributed by atoms with Crippen LogP contribution in [0.25, 0.3) is 5.69 Å². The largest absolute Gasteiger partial charge is 0.489 e. The molecule has 3 aromatic carbocycles. The van der Waals surface area contributed by atoms with Gasteiger partial charge in [0.2, 0.25) is 0 Å². The summed E-state index contributed by atoms with van der Waals surface area (Å²) in [6.45, 7) is 0.245. The fourth-order valence-electron chi connectivity index (χ4n) is 3.05. The van der Waals surface area contributed by atoms with E-state index in [4.69, 9.17) is 21.1 Å². The molecule has 0 saturated heterocycles. The van der Waals surface area contributed by atoms with Gasteiger partial charge < -0.3 is 9.47 Å². The van der Waals surface area contributed by atoms with Crippen molar-refractivity contribution in [1.29, 1.82) is 0 Å². The maximum absolute atomic E-state index is 13.3. The van der Waals surface area contributed by atoms with E-state index in [0.29, 0.717) is 23.8 Å². The zero-order valence-electron chi connectivity index (χ0n) is 16.7. The van der Waals surface area contributed by atoms with Crippen molar-refractivity contribution in [2.45, 2.75) is 19.4 Å². The van der Waals surface area contributed by atoms with Gasteiger partial charge in [-0.2, -0.15) is 18.3 Å². The second kappa shape index (κ2) is 9.36. The van der Waals surface area contributed by atoms with Crippen molar-refractivity contribution in [3.63, 3.8) is 0 Å². The van der Waals surface area contributed by atoms with Crippen LogP contribution in [-0.2, 0) is 19.4 Å².